The SMILES string of the molecule is CN(CC1CCN(Cc2ccccc2)CC1)S(=O)(=O)C1CCS(=O)(=O)C1. The Morgan fingerprint density at radius 2 is 1.77 bits per heavy atom. The summed E-state index contributed by atoms with van der Waals surface area (Å²) in [6, 6.07) is 10.4. The molecule has 2 heterocycles. The van der Waals surface area contributed by atoms with E-state index in [1.54, 1.807) is 7.05 Å². The Kier molecular flexibility index (Phi) is 6.06. The third-order valence-electron chi connectivity index (χ3n) is 5.52. The van der Waals surface area contributed by atoms with Gasteiger partial charge in [0.25, 0.3) is 0 Å². The van der Waals surface area contributed by atoms with Gasteiger partial charge in [0, 0.05) is 20.1 Å². The van der Waals surface area contributed by atoms with Gasteiger partial charge < -0.3 is 0 Å². The van der Waals surface area contributed by atoms with Gasteiger partial charge in [-0.3, -0.25) is 4.90 Å². The number of piperidine rings is 1. The Morgan fingerprint density at radius 1 is 1.12 bits per heavy atom. The summed E-state index contributed by atoms with van der Waals surface area (Å²) in [6.45, 7) is 3.34. The first-order valence-corrected chi connectivity index (χ1v) is 12.5. The highest BCUT2D eigenvalue weighted by Crippen LogP contribution is 2.25. The Hall–Kier alpha value is -0.960. The standard InChI is InChI=1S/C18H28N2O4S2/c1-19(26(23,24)18-9-12-25(21,22)15-18)13-17-7-10-20(11-8-17)14-16-5-3-2-4-6-16/h2-6,17-18H,7-15H2,1H3. The normalized spacial score (nSPS) is 24.9. The molecular weight excluding hydrogens is 372 g/mol. The van der Waals surface area contributed by atoms with E-state index in [1.807, 2.05) is 18.2 Å². The number of sulfone groups is 1. The third-order valence-corrected chi connectivity index (χ3v) is 9.76. The quantitative estimate of drug-likeness (QED) is 0.721. The molecule has 2 aliphatic rings. The summed E-state index contributed by atoms with van der Waals surface area (Å²) in [5.41, 5.74) is 1.30. The topological polar surface area (TPSA) is 74.8 Å². The average molecular weight is 401 g/mol. The van der Waals surface area contributed by atoms with Crippen LogP contribution in [-0.4, -0.2) is 69.5 Å². The smallest absolute Gasteiger partial charge is 0.217 e. The molecule has 3 rings (SSSR count). The van der Waals surface area contributed by atoms with Gasteiger partial charge in [0.05, 0.1) is 16.8 Å². The van der Waals surface area contributed by atoms with Crippen molar-refractivity contribution in [3.8, 4) is 0 Å². The summed E-state index contributed by atoms with van der Waals surface area (Å²) in [4.78, 5) is 2.41. The van der Waals surface area contributed by atoms with Crippen LogP contribution in [0.4, 0.5) is 0 Å². The van der Waals surface area contributed by atoms with Gasteiger partial charge in [-0.1, -0.05) is 30.3 Å². The number of hydrogen-bond acceptors (Lipinski definition) is 5. The number of sulfonamides is 1. The lowest BCUT2D eigenvalue weighted by atomic mass is 9.96. The van der Waals surface area contributed by atoms with Gasteiger partial charge in [0.15, 0.2) is 9.84 Å². The minimum absolute atomic E-state index is 0.0113. The van der Waals surface area contributed by atoms with Crippen molar-refractivity contribution in [3.63, 3.8) is 0 Å². The molecule has 0 saturated carbocycles. The van der Waals surface area contributed by atoms with Crippen LogP contribution in [0.15, 0.2) is 30.3 Å². The van der Waals surface area contributed by atoms with Crippen molar-refractivity contribution in [2.75, 3.05) is 38.2 Å². The Bertz CT molecular complexity index is 801. The second-order valence-electron chi connectivity index (χ2n) is 7.56. The van der Waals surface area contributed by atoms with E-state index in [0.29, 0.717) is 12.5 Å². The number of hydrogen-bond donors (Lipinski definition) is 0. The second-order valence-corrected chi connectivity index (χ2v) is 12.1. The highest BCUT2D eigenvalue weighted by Gasteiger charge is 2.39. The highest BCUT2D eigenvalue weighted by atomic mass is 32.2. The van der Waals surface area contributed by atoms with Gasteiger partial charge >= 0.3 is 0 Å². The first kappa shape index (κ1) is 19.8. The Morgan fingerprint density at radius 3 is 2.35 bits per heavy atom. The van der Waals surface area contributed by atoms with Crippen molar-refractivity contribution in [3.05, 3.63) is 35.9 Å². The molecule has 0 aliphatic carbocycles. The molecule has 6 nitrogen and oxygen atoms in total. The van der Waals surface area contributed by atoms with Gasteiger partial charge in [-0.25, -0.2) is 21.1 Å². The molecule has 0 aromatic heterocycles. The molecule has 2 aliphatic heterocycles. The Balaban J connectivity index is 1.49. The average Bonchev–Trinajstić information content (AvgIpc) is 2.98. The predicted molar refractivity (Wildman–Crippen MR) is 103 cm³/mol. The fourth-order valence-electron chi connectivity index (χ4n) is 3.89. The van der Waals surface area contributed by atoms with Crippen molar-refractivity contribution in [1.82, 2.24) is 9.21 Å². The van der Waals surface area contributed by atoms with E-state index >= 15 is 0 Å². The van der Waals surface area contributed by atoms with Crippen LogP contribution in [0, 0.1) is 5.92 Å². The largest absolute Gasteiger partial charge is 0.299 e. The van der Waals surface area contributed by atoms with Crippen molar-refractivity contribution in [2.24, 2.45) is 5.92 Å². The molecule has 0 amide bonds. The molecule has 146 valence electrons. The van der Waals surface area contributed by atoms with Gasteiger partial charge in [-0.05, 0) is 43.8 Å². The summed E-state index contributed by atoms with van der Waals surface area (Å²) >= 11 is 0. The molecular formula is C18H28N2O4S2. The molecule has 26 heavy (non-hydrogen) atoms. The number of nitrogens with zero attached hydrogens (tertiary/aromatic N) is 2. The van der Waals surface area contributed by atoms with E-state index in [-0.39, 0.29) is 17.9 Å². The lowest BCUT2D eigenvalue weighted by Gasteiger charge is -2.34. The molecule has 1 atom stereocenters. The van der Waals surface area contributed by atoms with Crippen LogP contribution in [-0.2, 0) is 26.4 Å². The first-order chi connectivity index (χ1) is 12.3. The first-order valence-electron chi connectivity index (χ1n) is 9.18. The lowest BCUT2D eigenvalue weighted by Crippen LogP contribution is -2.42. The summed E-state index contributed by atoms with van der Waals surface area (Å²) in [7, 11) is -5.13. The predicted octanol–water partition coefficient (Wildman–Crippen LogP) is 1.35. The molecule has 0 N–H and O–H groups in total. The molecule has 0 spiro atoms. The molecule has 0 bridgehead atoms. The minimum atomic E-state index is -3.53. The van der Waals surface area contributed by atoms with E-state index in [0.717, 1.165) is 32.5 Å². The highest BCUT2D eigenvalue weighted by molar-refractivity contribution is 7.95. The van der Waals surface area contributed by atoms with E-state index in [1.165, 1.54) is 9.87 Å². The molecule has 1 unspecified atom stereocenters. The molecule has 2 fully saturated rings. The maximum atomic E-state index is 12.7. The maximum Gasteiger partial charge on any atom is 0.217 e. The summed E-state index contributed by atoms with van der Waals surface area (Å²) in [5, 5.41) is -0.768. The maximum absolute atomic E-state index is 12.7. The number of likely N-dealkylation sites (tertiary alicyclic amines) is 1. The van der Waals surface area contributed by atoms with Crippen LogP contribution in [0.2, 0.25) is 0 Å². The van der Waals surface area contributed by atoms with Gasteiger partial charge in [-0.2, -0.15) is 0 Å². The molecule has 1 aromatic rings. The zero-order valence-electron chi connectivity index (χ0n) is 15.2. The van der Waals surface area contributed by atoms with Crippen molar-refractivity contribution in [2.45, 2.75) is 31.1 Å². The number of benzene rings is 1. The zero-order valence-corrected chi connectivity index (χ0v) is 16.9. The van der Waals surface area contributed by atoms with E-state index in [2.05, 4.69) is 17.0 Å². The van der Waals surface area contributed by atoms with Crippen molar-refractivity contribution in [1.29, 1.82) is 0 Å². The van der Waals surface area contributed by atoms with Crippen LogP contribution in [0.5, 0.6) is 0 Å². The summed E-state index contributed by atoms with van der Waals surface area (Å²) < 4.78 is 49.9. The van der Waals surface area contributed by atoms with Crippen LogP contribution in [0.3, 0.4) is 0 Å². The molecule has 0 radical (unpaired) electrons. The molecule has 8 heteroatoms. The second kappa shape index (κ2) is 7.96. The minimum Gasteiger partial charge on any atom is -0.299 e. The summed E-state index contributed by atoms with van der Waals surface area (Å²) in [6.07, 6.45) is 2.16. The van der Waals surface area contributed by atoms with E-state index in [4.69, 9.17) is 0 Å². The fourth-order valence-corrected chi connectivity index (χ4v) is 8.23. The van der Waals surface area contributed by atoms with E-state index in [9.17, 15) is 16.8 Å². The fraction of sp³-hybridized carbons (Fsp3) is 0.667. The van der Waals surface area contributed by atoms with Crippen molar-refractivity contribution < 1.29 is 16.8 Å². The van der Waals surface area contributed by atoms with Gasteiger partial charge in [0.1, 0.15) is 0 Å². The summed E-state index contributed by atoms with van der Waals surface area (Å²) in [5.74, 6) is 0.0949. The zero-order chi connectivity index (χ0) is 18.8. The van der Waals surface area contributed by atoms with Crippen LogP contribution >= 0.6 is 0 Å². The van der Waals surface area contributed by atoms with Crippen LogP contribution in [0.1, 0.15) is 24.8 Å². The third kappa shape index (κ3) is 4.85. The number of rotatable bonds is 6. The van der Waals surface area contributed by atoms with Gasteiger partial charge in [0.2, 0.25) is 10.0 Å². The molecule has 2 saturated heterocycles. The lowest BCUT2D eigenvalue weighted by molar-refractivity contribution is 0.166. The van der Waals surface area contributed by atoms with Crippen LogP contribution < -0.4 is 0 Å². The van der Waals surface area contributed by atoms with Crippen LogP contribution in [0.25, 0.3) is 0 Å². The van der Waals surface area contributed by atoms with Gasteiger partial charge in [-0.15, -0.1) is 0 Å². The van der Waals surface area contributed by atoms with E-state index < -0.39 is 25.1 Å². The van der Waals surface area contributed by atoms with Crippen molar-refractivity contribution >= 4 is 19.9 Å². The molecule has 1 aromatic carbocycles. The Labute approximate surface area is 157 Å². The monoisotopic (exact) mass is 400 g/mol.